The van der Waals surface area contributed by atoms with Gasteiger partial charge in [-0.1, -0.05) is 46.1 Å². The van der Waals surface area contributed by atoms with E-state index in [0.717, 1.165) is 0 Å². The third-order valence-electron chi connectivity index (χ3n) is 3.94. The summed E-state index contributed by atoms with van der Waals surface area (Å²) in [6, 6.07) is 1.49. The maximum Gasteiger partial charge on any atom is 0.0786 e. The molecule has 0 unspecified atom stereocenters. The van der Waals surface area contributed by atoms with Crippen LogP contribution < -0.4 is 0 Å². The lowest BCUT2D eigenvalue weighted by Gasteiger charge is -2.39. The van der Waals surface area contributed by atoms with Crippen molar-refractivity contribution in [1.29, 1.82) is 0 Å². The molecule has 0 rings (SSSR count). The van der Waals surface area contributed by atoms with E-state index >= 15 is 0 Å². The van der Waals surface area contributed by atoms with Gasteiger partial charge in [0, 0.05) is 10.2 Å². The number of nitrogens with zero attached hydrogens (tertiary/aromatic N) is 1. The van der Waals surface area contributed by atoms with Crippen molar-refractivity contribution in [3.05, 3.63) is 0 Å². The van der Waals surface area contributed by atoms with Crippen molar-refractivity contribution in [2.45, 2.75) is 71.8 Å². The van der Waals surface area contributed by atoms with Gasteiger partial charge in [0.2, 0.25) is 0 Å². The summed E-state index contributed by atoms with van der Waals surface area (Å²) in [5.74, 6) is 0. The molecule has 2 heteroatoms. The predicted molar refractivity (Wildman–Crippen MR) is 83.8 cm³/mol. The molecule has 0 radical (unpaired) electrons. The molecule has 0 aromatic rings. The van der Waals surface area contributed by atoms with Gasteiger partial charge in [0.1, 0.15) is 0 Å². The minimum absolute atomic E-state index is 1.36. The smallest absolute Gasteiger partial charge is 0.0786 e. The van der Waals surface area contributed by atoms with Gasteiger partial charge in [0.15, 0.2) is 0 Å². The first-order valence-corrected chi connectivity index (χ1v) is 9.51. The van der Waals surface area contributed by atoms with Gasteiger partial charge in [-0.05, 0) is 25.7 Å². The Kier molecular flexibility index (Phi) is 11.4. The lowest BCUT2D eigenvalue weighted by molar-refractivity contribution is -0.928. The Labute approximate surface area is 113 Å². The highest BCUT2D eigenvalue weighted by Crippen LogP contribution is 2.16. The van der Waals surface area contributed by atoms with Gasteiger partial charge in [-0.25, -0.2) is 0 Å². The largest absolute Gasteiger partial charge is 0.324 e. The summed E-state index contributed by atoms with van der Waals surface area (Å²) in [5, 5.41) is 0. The molecule has 0 atom stereocenters. The van der Waals surface area contributed by atoms with E-state index in [9.17, 15) is 0 Å². The molecule has 0 saturated heterocycles. The summed E-state index contributed by atoms with van der Waals surface area (Å²) in [6.07, 6.45) is 9.83. The highest BCUT2D eigenvalue weighted by atomic mass is 28.1. The van der Waals surface area contributed by atoms with Crippen molar-refractivity contribution in [3.8, 4) is 0 Å². The zero-order valence-electron chi connectivity index (χ0n) is 12.9. The minimum atomic E-state index is 1.36. The molecule has 0 aliphatic rings. The number of hydrogen-bond acceptors (Lipinski definition) is 0. The molecule has 0 N–H and O–H groups in total. The molecule has 0 aromatic carbocycles. The Hall–Kier alpha value is 0.177. The first-order valence-electron chi connectivity index (χ1n) is 8.09. The summed E-state index contributed by atoms with van der Waals surface area (Å²) >= 11 is 0. The standard InChI is InChI=1S/C15H36NSi/c1-4-7-11-16(12-8-5-2,13-9-6-3)14-10-15-17/h4-15H2,1-3,17H3/q+1. The lowest BCUT2D eigenvalue weighted by Crippen LogP contribution is -2.50. The van der Waals surface area contributed by atoms with Gasteiger partial charge >= 0.3 is 0 Å². The Morgan fingerprint density at radius 1 is 0.647 bits per heavy atom. The van der Waals surface area contributed by atoms with Crippen LogP contribution in [0.25, 0.3) is 0 Å². The molecular weight excluding hydrogens is 222 g/mol. The molecule has 1 nitrogen and oxygen atoms in total. The van der Waals surface area contributed by atoms with Crippen LogP contribution in [0.2, 0.25) is 6.04 Å². The zero-order chi connectivity index (χ0) is 13.0. The number of hydrogen-bond donors (Lipinski definition) is 0. The highest BCUT2D eigenvalue weighted by Gasteiger charge is 2.24. The van der Waals surface area contributed by atoms with Crippen LogP contribution in [-0.4, -0.2) is 40.9 Å². The number of rotatable bonds is 12. The van der Waals surface area contributed by atoms with Crippen molar-refractivity contribution in [1.82, 2.24) is 0 Å². The molecule has 0 aromatic heterocycles. The van der Waals surface area contributed by atoms with E-state index in [0.29, 0.717) is 0 Å². The summed E-state index contributed by atoms with van der Waals surface area (Å²) in [4.78, 5) is 0. The van der Waals surface area contributed by atoms with Gasteiger partial charge in [0.25, 0.3) is 0 Å². The van der Waals surface area contributed by atoms with Gasteiger partial charge < -0.3 is 4.48 Å². The van der Waals surface area contributed by atoms with E-state index in [2.05, 4.69) is 20.8 Å². The topological polar surface area (TPSA) is 0 Å². The van der Waals surface area contributed by atoms with Crippen LogP contribution in [0.4, 0.5) is 0 Å². The minimum Gasteiger partial charge on any atom is -0.324 e. The molecule has 0 aliphatic heterocycles. The predicted octanol–water partition coefficient (Wildman–Crippen LogP) is 3.38. The first kappa shape index (κ1) is 17.2. The van der Waals surface area contributed by atoms with Crippen LogP contribution in [0.1, 0.15) is 65.7 Å². The second-order valence-electron chi connectivity index (χ2n) is 5.65. The van der Waals surface area contributed by atoms with Crippen molar-refractivity contribution < 1.29 is 4.48 Å². The summed E-state index contributed by atoms with van der Waals surface area (Å²) in [6.45, 7) is 12.8. The molecule has 0 aliphatic carbocycles. The Morgan fingerprint density at radius 2 is 1.00 bits per heavy atom. The van der Waals surface area contributed by atoms with E-state index < -0.39 is 0 Å². The van der Waals surface area contributed by atoms with E-state index in [1.165, 1.54) is 91.9 Å². The molecule has 17 heavy (non-hydrogen) atoms. The fraction of sp³-hybridized carbons (Fsp3) is 1.00. The summed E-state index contributed by atoms with van der Waals surface area (Å²) in [7, 11) is 1.39. The third kappa shape index (κ3) is 7.99. The molecular formula is C15H36NSi+. The molecule has 0 fully saturated rings. The van der Waals surface area contributed by atoms with E-state index in [1.54, 1.807) is 0 Å². The quantitative estimate of drug-likeness (QED) is 0.372. The molecule has 0 heterocycles. The Morgan fingerprint density at radius 3 is 1.29 bits per heavy atom. The average Bonchev–Trinajstić information content (AvgIpc) is 2.37. The van der Waals surface area contributed by atoms with Crippen LogP contribution in [0.3, 0.4) is 0 Å². The van der Waals surface area contributed by atoms with E-state index in [4.69, 9.17) is 0 Å². The van der Waals surface area contributed by atoms with E-state index in [-0.39, 0.29) is 0 Å². The van der Waals surface area contributed by atoms with Crippen molar-refractivity contribution in [2.24, 2.45) is 0 Å². The van der Waals surface area contributed by atoms with Crippen molar-refractivity contribution in [2.75, 3.05) is 26.2 Å². The molecule has 0 amide bonds. The maximum absolute atomic E-state index is 2.33. The van der Waals surface area contributed by atoms with Crippen molar-refractivity contribution >= 4 is 10.2 Å². The number of unbranched alkanes of at least 4 members (excludes halogenated alkanes) is 3. The van der Waals surface area contributed by atoms with Crippen LogP contribution in [0.5, 0.6) is 0 Å². The highest BCUT2D eigenvalue weighted by molar-refractivity contribution is 6.08. The molecule has 104 valence electrons. The monoisotopic (exact) mass is 258 g/mol. The summed E-state index contributed by atoms with van der Waals surface area (Å²) in [5.41, 5.74) is 0. The average molecular weight is 259 g/mol. The molecule has 0 spiro atoms. The van der Waals surface area contributed by atoms with Crippen LogP contribution in [-0.2, 0) is 0 Å². The van der Waals surface area contributed by atoms with Crippen molar-refractivity contribution in [3.63, 3.8) is 0 Å². The van der Waals surface area contributed by atoms with Crippen LogP contribution in [0.15, 0.2) is 0 Å². The van der Waals surface area contributed by atoms with Crippen LogP contribution >= 0.6 is 0 Å². The first-order chi connectivity index (χ1) is 8.24. The van der Waals surface area contributed by atoms with Gasteiger partial charge in [-0.2, -0.15) is 0 Å². The molecule has 0 saturated carbocycles. The lowest BCUT2D eigenvalue weighted by atomic mass is 10.1. The van der Waals surface area contributed by atoms with Gasteiger partial charge in [-0.15, -0.1) is 0 Å². The third-order valence-corrected chi connectivity index (χ3v) is 4.65. The second-order valence-corrected chi connectivity index (χ2v) is 6.65. The zero-order valence-corrected chi connectivity index (χ0v) is 14.9. The fourth-order valence-electron chi connectivity index (χ4n) is 2.64. The molecule has 0 bridgehead atoms. The number of quaternary nitrogens is 1. The summed E-state index contributed by atoms with van der Waals surface area (Å²) < 4.78 is 1.44. The normalized spacial score (nSPS) is 12.2. The maximum atomic E-state index is 2.33. The van der Waals surface area contributed by atoms with Crippen LogP contribution in [0, 0.1) is 0 Å². The second kappa shape index (κ2) is 11.3. The Bertz CT molecular complexity index is 121. The van der Waals surface area contributed by atoms with Gasteiger partial charge in [0.05, 0.1) is 26.2 Å². The Balaban J connectivity index is 4.39. The SMILES string of the molecule is CCCC[N+](CCCC)(CCCC)CCC[SiH3]. The fourth-order valence-corrected chi connectivity index (χ4v) is 2.96. The van der Waals surface area contributed by atoms with Gasteiger partial charge in [-0.3, -0.25) is 0 Å². The van der Waals surface area contributed by atoms with E-state index in [1.807, 2.05) is 0 Å².